The Morgan fingerprint density at radius 3 is 2.18 bits per heavy atom. The van der Waals surface area contributed by atoms with Gasteiger partial charge in [-0.1, -0.05) is 17.7 Å². The molecule has 0 radical (unpaired) electrons. The van der Waals surface area contributed by atoms with E-state index in [0.717, 1.165) is 12.1 Å². The fourth-order valence-electron chi connectivity index (χ4n) is 0.846. The molecule has 0 heterocycles. The van der Waals surface area contributed by atoms with Gasteiger partial charge in [-0.2, -0.15) is 26.3 Å². The van der Waals surface area contributed by atoms with E-state index in [1.165, 1.54) is 12.1 Å². The highest BCUT2D eigenvalue weighted by atomic mass is 35.5. The summed E-state index contributed by atoms with van der Waals surface area (Å²) >= 11 is 5.43. The molecule has 0 spiro atoms. The van der Waals surface area contributed by atoms with Crippen molar-refractivity contribution in [1.29, 1.82) is 0 Å². The number of hydrogen-bond donors (Lipinski definition) is 0. The summed E-state index contributed by atoms with van der Waals surface area (Å²) in [6, 6.07) is 4.56. The molecule has 94 valence electrons. The van der Waals surface area contributed by atoms with Gasteiger partial charge in [0.1, 0.15) is 0 Å². The zero-order valence-corrected chi connectivity index (χ0v) is 8.66. The summed E-state index contributed by atoms with van der Waals surface area (Å²) in [5.74, 6) is -8.44. The minimum Gasteiger partial charge on any atom is -0.218 e. The molecule has 0 aliphatic rings. The first kappa shape index (κ1) is 13.8. The lowest BCUT2D eigenvalue weighted by Crippen LogP contribution is -2.42. The van der Waals surface area contributed by atoms with Crippen LogP contribution >= 0.6 is 11.6 Å². The third-order valence-electron chi connectivity index (χ3n) is 1.65. The summed E-state index contributed by atoms with van der Waals surface area (Å²) in [5, 5.41) is 0.0365. The molecule has 0 aliphatic carbocycles. The quantitative estimate of drug-likeness (QED) is 0.555. The van der Waals surface area contributed by atoms with E-state index in [-0.39, 0.29) is 5.02 Å². The Balaban J connectivity index is 3.09. The average Bonchev–Trinajstić information content (AvgIpc) is 2.15. The van der Waals surface area contributed by atoms with Crippen LogP contribution < -0.4 is 0 Å². The normalized spacial score (nSPS) is 13.9. The van der Waals surface area contributed by atoms with Crippen molar-refractivity contribution in [2.75, 3.05) is 0 Å². The molecule has 0 N–H and O–H groups in total. The van der Waals surface area contributed by atoms with Crippen molar-refractivity contribution in [3.63, 3.8) is 0 Å². The first-order chi connectivity index (χ1) is 7.64. The van der Waals surface area contributed by atoms with Gasteiger partial charge in [0.05, 0.1) is 5.69 Å². The number of nitrogens with zero attached hydrogens (tertiary/aromatic N) is 1. The molecule has 0 unspecified atom stereocenters. The smallest absolute Gasteiger partial charge is 0.218 e. The fourth-order valence-corrected chi connectivity index (χ4v) is 1.03. The molecule has 0 saturated carbocycles. The second-order valence-corrected chi connectivity index (χ2v) is 3.39. The van der Waals surface area contributed by atoms with Crippen LogP contribution in [0.5, 0.6) is 0 Å². The van der Waals surface area contributed by atoms with Crippen molar-refractivity contribution in [3.05, 3.63) is 29.3 Å². The lowest BCUT2D eigenvalue weighted by atomic mass is 10.3. The van der Waals surface area contributed by atoms with E-state index in [4.69, 9.17) is 11.6 Å². The van der Waals surface area contributed by atoms with Crippen LogP contribution in [-0.4, -0.2) is 18.1 Å². The standard InChI is InChI=1S/C9H4ClF6N/c10-5-2-1-3-6(4-5)17-7(11)8(12,13)9(14,15)16/h1-4H. The average molecular weight is 276 g/mol. The monoisotopic (exact) mass is 275 g/mol. The molecule has 1 aromatic carbocycles. The molecule has 0 bridgehead atoms. The fraction of sp³-hybridized carbons (Fsp3) is 0.222. The van der Waals surface area contributed by atoms with Crippen LogP contribution in [0.2, 0.25) is 5.02 Å². The maximum Gasteiger partial charge on any atom is 0.462 e. The molecule has 1 rings (SSSR count). The van der Waals surface area contributed by atoms with Gasteiger partial charge < -0.3 is 0 Å². The highest BCUT2D eigenvalue weighted by molar-refractivity contribution is 6.30. The Kier molecular flexibility index (Phi) is 3.71. The zero-order valence-electron chi connectivity index (χ0n) is 7.90. The molecule has 17 heavy (non-hydrogen) atoms. The maximum atomic E-state index is 12.7. The molecule has 0 aromatic heterocycles. The SMILES string of the molecule is FC(=Nc1cccc(Cl)c1)C(F)(F)C(F)(F)F. The molecule has 1 nitrogen and oxygen atoms in total. The van der Waals surface area contributed by atoms with Crippen molar-refractivity contribution in [1.82, 2.24) is 0 Å². The highest BCUT2D eigenvalue weighted by Crippen LogP contribution is 2.38. The van der Waals surface area contributed by atoms with Crippen LogP contribution in [0.25, 0.3) is 0 Å². The minimum absolute atomic E-state index is 0.0365. The van der Waals surface area contributed by atoms with E-state index >= 15 is 0 Å². The molecular weight excluding hydrogens is 272 g/mol. The number of alkyl halides is 5. The van der Waals surface area contributed by atoms with Gasteiger partial charge in [-0.25, -0.2) is 4.99 Å². The summed E-state index contributed by atoms with van der Waals surface area (Å²) in [6.45, 7) is 0. The first-order valence-corrected chi connectivity index (χ1v) is 4.47. The van der Waals surface area contributed by atoms with Gasteiger partial charge in [0.25, 0.3) is 5.97 Å². The highest BCUT2D eigenvalue weighted by Gasteiger charge is 2.62. The van der Waals surface area contributed by atoms with E-state index in [2.05, 4.69) is 4.99 Å². The van der Waals surface area contributed by atoms with Gasteiger partial charge >= 0.3 is 12.1 Å². The number of rotatable bonds is 2. The van der Waals surface area contributed by atoms with Crippen molar-refractivity contribution in [2.24, 2.45) is 4.99 Å². The van der Waals surface area contributed by atoms with Crippen LogP contribution in [0.3, 0.4) is 0 Å². The molecule has 0 saturated heterocycles. The summed E-state index contributed by atoms with van der Waals surface area (Å²) < 4.78 is 72.9. The van der Waals surface area contributed by atoms with Gasteiger partial charge in [-0.15, -0.1) is 0 Å². The molecule has 0 aliphatic heterocycles. The van der Waals surface area contributed by atoms with E-state index in [0.29, 0.717) is 0 Å². The van der Waals surface area contributed by atoms with Crippen molar-refractivity contribution >= 4 is 23.3 Å². The maximum absolute atomic E-state index is 12.7. The van der Waals surface area contributed by atoms with E-state index in [1.807, 2.05) is 0 Å². The summed E-state index contributed by atoms with van der Waals surface area (Å²) in [4.78, 5) is 2.55. The lowest BCUT2D eigenvalue weighted by Gasteiger charge is -2.16. The second kappa shape index (κ2) is 4.56. The Morgan fingerprint density at radius 2 is 1.71 bits per heavy atom. The second-order valence-electron chi connectivity index (χ2n) is 2.95. The molecule has 0 amide bonds. The number of halogens is 7. The van der Waals surface area contributed by atoms with Crippen molar-refractivity contribution < 1.29 is 26.3 Å². The largest absolute Gasteiger partial charge is 0.462 e. The number of aliphatic imine (C=N–C) groups is 1. The predicted molar refractivity (Wildman–Crippen MR) is 50.7 cm³/mol. The van der Waals surface area contributed by atoms with E-state index in [9.17, 15) is 26.3 Å². The van der Waals surface area contributed by atoms with Crippen LogP contribution in [0.1, 0.15) is 0 Å². The molecule has 8 heteroatoms. The van der Waals surface area contributed by atoms with E-state index in [1.54, 1.807) is 0 Å². The van der Waals surface area contributed by atoms with Crippen LogP contribution in [0.15, 0.2) is 29.3 Å². The Hall–Kier alpha value is -1.24. The third-order valence-corrected chi connectivity index (χ3v) is 1.89. The number of benzene rings is 1. The molecule has 0 atom stereocenters. The zero-order chi connectivity index (χ0) is 13.3. The lowest BCUT2D eigenvalue weighted by molar-refractivity contribution is -0.252. The van der Waals surface area contributed by atoms with Crippen molar-refractivity contribution in [2.45, 2.75) is 12.1 Å². The van der Waals surface area contributed by atoms with Crippen molar-refractivity contribution in [3.8, 4) is 0 Å². The van der Waals surface area contributed by atoms with Crippen LogP contribution in [-0.2, 0) is 0 Å². The first-order valence-electron chi connectivity index (χ1n) is 4.09. The summed E-state index contributed by atoms with van der Waals surface area (Å²) in [6.07, 6.45) is -6.03. The van der Waals surface area contributed by atoms with Crippen LogP contribution in [0.4, 0.5) is 32.0 Å². The Labute approximate surface area is 96.7 Å². The van der Waals surface area contributed by atoms with Gasteiger partial charge in [0, 0.05) is 5.02 Å². The Bertz CT molecular complexity index is 439. The minimum atomic E-state index is -6.03. The van der Waals surface area contributed by atoms with Gasteiger partial charge in [-0.3, -0.25) is 0 Å². The van der Waals surface area contributed by atoms with Gasteiger partial charge in [-0.05, 0) is 18.2 Å². The summed E-state index contributed by atoms with van der Waals surface area (Å²) in [5.41, 5.74) is -0.432. The molecule has 0 fully saturated rings. The molecular formula is C9H4ClF6N. The topological polar surface area (TPSA) is 12.4 Å². The third kappa shape index (κ3) is 3.12. The van der Waals surface area contributed by atoms with Gasteiger partial charge in [0.15, 0.2) is 0 Å². The Morgan fingerprint density at radius 1 is 1.12 bits per heavy atom. The van der Waals surface area contributed by atoms with E-state index < -0.39 is 23.8 Å². The molecule has 1 aromatic rings. The predicted octanol–water partition coefficient (Wildman–Crippen LogP) is 4.54. The summed E-state index contributed by atoms with van der Waals surface area (Å²) in [7, 11) is 0. The van der Waals surface area contributed by atoms with Crippen LogP contribution in [0, 0.1) is 0 Å². The number of hydrogen-bond acceptors (Lipinski definition) is 1. The van der Waals surface area contributed by atoms with Gasteiger partial charge in [0.2, 0.25) is 0 Å².